The Morgan fingerprint density at radius 3 is 2.56 bits per heavy atom. The van der Waals surface area contributed by atoms with Crippen molar-refractivity contribution in [2.45, 2.75) is 78.2 Å². The summed E-state index contributed by atoms with van der Waals surface area (Å²) in [7, 11) is 1.97. The van der Waals surface area contributed by atoms with E-state index in [1.807, 2.05) is 7.11 Å². The maximum Gasteiger partial charge on any atom is 0.123 e. The van der Waals surface area contributed by atoms with Crippen molar-refractivity contribution >= 4 is 6.29 Å². The summed E-state index contributed by atoms with van der Waals surface area (Å²) in [5.74, 6) is 4.37. The van der Waals surface area contributed by atoms with Gasteiger partial charge in [0.2, 0.25) is 0 Å². The molecule has 0 aromatic carbocycles. The van der Waals surface area contributed by atoms with E-state index in [1.165, 1.54) is 57.7 Å². The molecule has 5 rings (SSSR count). The minimum atomic E-state index is 0.231. The van der Waals surface area contributed by atoms with E-state index in [1.54, 1.807) is 0 Å². The number of ether oxygens (including phenoxy) is 1. The predicted octanol–water partition coefficient (Wildman–Crippen LogP) is 5.11. The Kier molecular flexibility index (Phi) is 3.43. The molecule has 0 unspecified atom stereocenters. The number of carbonyl (C=O) groups is 1. The molecule has 0 amide bonds. The Morgan fingerprint density at radius 2 is 1.88 bits per heavy atom. The minimum Gasteiger partial charge on any atom is -0.381 e. The number of aldehydes is 1. The first kappa shape index (κ1) is 16.8. The molecule has 0 bridgehead atoms. The van der Waals surface area contributed by atoms with E-state index in [2.05, 4.69) is 20.8 Å². The molecule has 0 N–H and O–H groups in total. The zero-order valence-electron chi connectivity index (χ0n) is 16.6. The fourth-order valence-electron chi connectivity index (χ4n) is 9.58. The summed E-state index contributed by atoms with van der Waals surface area (Å²) in [5, 5.41) is 0. The van der Waals surface area contributed by atoms with Crippen LogP contribution in [0.2, 0.25) is 0 Å². The first-order chi connectivity index (χ1) is 11.9. The highest BCUT2D eigenvalue weighted by molar-refractivity contribution is 5.53. The van der Waals surface area contributed by atoms with E-state index < -0.39 is 0 Å². The SMILES string of the molecule is CO[C@@H]1C[C@H]2[C@@H]3CC[C@H]([C@@H](C)C=O)[C@@]3(C)CC[C@@H]2[C@@]2(C)CC[C@@H]3C[C@]312. The van der Waals surface area contributed by atoms with E-state index in [0.29, 0.717) is 28.3 Å². The fraction of sp³-hybridized carbons (Fsp3) is 0.957. The van der Waals surface area contributed by atoms with Gasteiger partial charge in [0, 0.05) is 18.4 Å². The summed E-state index contributed by atoms with van der Waals surface area (Å²) in [4.78, 5) is 11.5. The maximum atomic E-state index is 11.5. The van der Waals surface area contributed by atoms with Crippen LogP contribution >= 0.6 is 0 Å². The molecule has 10 atom stereocenters. The van der Waals surface area contributed by atoms with Crippen molar-refractivity contribution in [3.05, 3.63) is 0 Å². The lowest BCUT2D eigenvalue weighted by Gasteiger charge is -2.61. The molecule has 0 radical (unpaired) electrons. The standard InChI is InChI=1S/C23H36O2/c1-14(13-24)17-5-6-18-16-11-20(25-4)23-12-15(23)7-10-22(23,3)19(16)8-9-21(17,18)2/h13-20H,5-12H2,1-4H3/t14-,15+,16-,17+,18-,19-,20+,21+,22+,23-/m0/s1. The van der Waals surface area contributed by atoms with Crippen LogP contribution in [0, 0.1) is 51.8 Å². The number of rotatable bonds is 3. The van der Waals surface area contributed by atoms with Gasteiger partial charge in [-0.05, 0) is 91.8 Å². The van der Waals surface area contributed by atoms with Gasteiger partial charge < -0.3 is 9.53 Å². The van der Waals surface area contributed by atoms with Gasteiger partial charge in [-0.25, -0.2) is 0 Å². The Bertz CT molecular complexity index is 587. The highest BCUT2D eigenvalue weighted by atomic mass is 16.5. The first-order valence-electron chi connectivity index (χ1n) is 10.9. The molecule has 25 heavy (non-hydrogen) atoms. The van der Waals surface area contributed by atoms with Gasteiger partial charge in [-0.1, -0.05) is 20.8 Å². The molecule has 0 heterocycles. The summed E-state index contributed by atoms with van der Waals surface area (Å²) in [6, 6.07) is 0. The van der Waals surface area contributed by atoms with Crippen LogP contribution in [-0.4, -0.2) is 19.5 Å². The van der Waals surface area contributed by atoms with Crippen molar-refractivity contribution in [2.75, 3.05) is 7.11 Å². The van der Waals surface area contributed by atoms with Crippen LogP contribution in [0.25, 0.3) is 0 Å². The lowest BCUT2D eigenvalue weighted by molar-refractivity contribution is -0.161. The van der Waals surface area contributed by atoms with Crippen LogP contribution in [-0.2, 0) is 9.53 Å². The first-order valence-corrected chi connectivity index (χ1v) is 10.9. The van der Waals surface area contributed by atoms with Crippen molar-refractivity contribution < 1.29 is 9.53 Å². The predicted molar refractivity (Wildman–Crippen MR) is 99.1 cm³/mol. The van der Waals surface area contributed by atoms with Gasteiger partial charge in [0.15, 0.2) is 0 Å². The average molecular weight is 345 g/mol. The summed E-state index contributed by atoms with van der Waals surface area (Å²) in [5.41, 5.74) is 1.45. The Labute approximate surface area is 153 Å². The van der Waals surface area contributed by atoms with Gasteiger partial charge in [-0.15, -0.1) is 0 Å². The zero-order valence-corrected chi connectivity index (χ0v) is 16.6. The molecular weight excluding hydrogens is 308 g/mol. The fourth-order valence-corrected chi connectivity index (χ4v) is 9.58. The molecule has 140 valence electrons. The maximum absolute atomic E-state index is 11.5. The Hall–Kier alpha value is -0.370. The third-order valence-corrected chi connectivity index (χ3v) is 10.8. The molecule has 5 saturated carbocycles. The zero-order chi connectivity index (χ0) is 17.6. The van der Waals surface area contributed by atoms with Crippen molar-refractivity contribution in [1.29, 1.82) is 0 Å². The third kappa shape index (κ3) is 1.79. The van der Waals surface area contributed by atoms with Crippen LogP contribution in [0.5, 0.6) is 0 Å². The molecule has 5 aliphatic rings. The molecule has 1 spiro atoms. The van der Waals surface area contributed by atoms with E-state index in [9.17, 15) is 4.79 Å². The van der Waals surface area contributed by atoms with Crippen molar-refractivity contribution in [1.82, 2.24) is 0 Å². The lowest BCUT2D eigenvalue weighted by atomic mass is 9.45. The van der Waals surface area contributed by atoms with Gasteiger partial charge in [0.1, 0.15) is 6.29 Å². The number of methoxy groups -OCH3 is 1. The molecule has 5 fully saturated rings. The molecule has 5 aliphatic carbocycles. The van der Waals surface area contributed by atoms with E-state index >= 15 is 0 Å². The summed E-state index contributed by atoms with van der Waals surface area (Å²) >= 11 is 0. The molecule has 0 aromatic rings. The van der Waals surface area contributed by atoms with Gasteiger partial charge in [0.25, 0.3) is 0 Å². The second kappa shape index (κ2) is 5.12. The molecule has 2 nitrogen and oxygen atoms in total. The van der Waals surface area contributed by atoms with Crippen LogP contribution in [0.15, 0.2) is 0 Å². The highest BCUT2D eigenvalue weighted by Crippen LogP contribution is 2.82. The number of fused-ring (bicyclic) bond motifs is 4. The molecule has 2 heteroatoms. The minimum absolute atomic E-state index is 0.231. The Balaban J connectivity index is 1.50. The molecular formula is C23H36O2. The largest absolute Gasteiger partial charge is 0.381 e. The summed E-state index contributed by atoms with van der Waals surface area (Å²) in [6.07, 6.45) is 12.7. The topological polar surface area (TPSA) is 26.3 Å². The van der Waals surface area contributed by atoms with Crippen LogP contribution < -0.4 is 0 Å². The van der Waals surface area contributed by atoms with Crippen LogP contribution in [0.4, 0.5) is 0 Å². The average Bonchev–Trinajstić information content (AvgIpc) is 3.12. The van der Waals surface area contributed by atoms with Crippen molar-refractivity contribution in [3.63, 3.8) is 0 Å². The van der Waals surface area contributed by atoms with E-state index in [4.69, 9.17) is 4.74 Å². The quantitative estimate of drug-likeness (QED) is 0.665. The van der Waals surface area contributed by atoms with Crippen LogP contribution in [0.1, 0.15) is 72.1 Å². The number of hydrogen-bond acceptors (Lipinski definition) is 2. The summed E-state index contributed by atoms with van der Waals surface area (Å²) in [6.45, 7) is 7.35. The second-order valence-corrected chi connectivity index (χ2v) is 11.0. The normalized spacial score (nSPS) is 60.2. The highest BCUT2D eigenvalue weighted by Gasteiger charge is 2.77. The molecule has 0 saturated heterocycles. The lowest BCUT2D eigenvalue weighted by Crippen LogP contribution is -2.57. The van der Waals surface area contributed by atoms with Gasteiger partial charge in [-0.2, -0.15) is 0 Å². The molecule has 0 aromatic heterocycles. The van der Waals surface area contributed by atoms with Crippen LogP contribution in [0.3, 0.4) is 0 Å². The van der Waals surface area contributed by atoms with Gasteiger partial charge in [0.05, 0.1) is 6.10 Å². The van der Waals surface area contributed by atoms with Crippen molar-refractivity contribution in [3.8, 4) is 0 Å². The molecule has 0 aliphatic heterocycles. The van der Waals surface area contributed by atoms with Gasteiger partial charge in [-0.3, -0.25) is 0 Å². The second-order valence-electron chi connectivity index (χ2n) is 11.0. The Morgan fingerprint density at radius 1 is 1.08 bits per heavy atom. The number of hydrogen-bond donors (Lipinski definition) is 0. The number of carbonyl (C=O) groups excluding carboxylic acids is 1. The third-order valence-electron chi connectivity index (χ3n) is 10.8. The smallest absolute Gasteiger partial charge is 0.123 e. The van der Waals surface area contributed by atoms with E-state index in [0.717, 1.165) is 23.7 Å². The monoisotopic (exact) mass is 344 g/mol. The van der Waals surface area contributed by atoms with Gasteiger partial charge >= 0.3 is 0 Å². The summed E-state index contributed by atoms with van der Waals surface area (Å²) < 4.78 is 6.18. The van der Waals surface area contributed by atoms with Crippen molar-refractivity contribution in [2.24, 2.45) is 51.8 Å². The van der Waals surface area contributed by atoms with E-state index in [-0.39, 0.29) is 5.92 Å².